The van der Waals surface area contributed by atoms with Gasteiger partial charge < -0.3 is 15.7 Å². The lowest BCUT2D eigenvalue weighted by Crippen LogP contribution is -2.12. The van der Waals surface area contributed by atoms with E-state index in [0.717, 1.165) is 4.47 Å². The van der Waals surface area contributed by atoms with Crippen LogP contribution in [0.1, 0.15) is 5.56 Å². The molecular formula is C12H9Br2N3O2. The molecule has 98 valence electrons. The molecule has 5 nitrogen and oxygen atoms in total. The summed E-state index contributed by atoms with van der Waals surface area (Å²) in [5, 5.41) is 11.6. The van der Waals surface area contributed by atoms with Gasteiger partial charge in [0, 0.05) is 16.2 Å². The Balaban J connectivity index is 2.27. The van der Waals surface area contributed by atoms with E-state index in [9.17, 15) is 0 Å². The van der Waals surface area contributed by atoms with Gasteiger partial charge in [-0.25, -0.2) is 0 Å². The molecule has 1 heterocycles. The van der Waals surface area contributed by atoms with E-state index >= 15 is 0 Å². The number of aromatic nitrogens is 1. The quantitative estimate of drug-likeness (QED) is 0.366. The highest BCUT2D eigenvalue weighted by Gasteiger charge is 2.07. The number of hydrogen-bond acceptors (Lipinski definition) is 4. The van der Waals surface area contributed by atoms with Gasteiger partial charge in [-0.1, -0.05) is 5.16 Å². The van der Waals surface area contributed by atoms with E-state index in [1.54, 1.807) is 36.7 Å². The van der Waals surface area contributed by atoms with Crippen molar-refractivity contribution in [3.8, 4) is 11.5 Å². The fraction of sp³-hybridized carbons (Fsp3) is 0. The Bertz CT molecular complexity index is 632. The number of amidine groups is 1. The predicted molar refractivity (Wildman–Crippen MR) is 78.7 cm³/mol. The van der Waals surface area contributed by atoms with Gasteiger partial charge in [0.1, 0.15) is 11.5 Å². The van der Waals surface area contributed by atoms with Crippen molar-refractivity contribution in [2.75, 3.05) is 0 Å². The van der Waals surface area contributed by atoms with Gasteiger partial charge in [0.05, 0.1) is 10.7 Å². The molecule has 0 unspecified atom stereocenters. The zero-order valence-corrected chi connectivity index (χ0v) is 12.7. The van der Waals surface area contributed by atoms with Gasteiger partial charge >= 0.3 is 0 Å². The summed E-state index contributed by atoms with van der Waals surface area (Å²) >= 11 is 6.69. The Kier molecular flexibility index (Phi) is 4.39. The standard InChI is InChI=1S/C12H9Br2N3O2/c13-8-4-9(6-16-5-8)19-11-2-1-7(3-10(11)14)12(15)17-18/h1-6,18H,(H2,15,17). The Labute approximate surface area is 126 Å². The Hall–Kier alpha value is -1.60. The number of oxime groups is 1. The first-order chi connectivity index (χ1) is 9.10. The third-order valence-electron chi connectivity index (χ3n) is 2.24. The van der Waals surface area contributed by atoms with Crippen LogP contribution in [0.15, 0.2) is 50.8 Å². The minimum absolute atomic E-state index is 0.0383. The SMILES string of the molecule is N/C(=N/O)c1ccc(Oc2cncc(Br)c2)c(Br)c1. The van der Waals surface area contributed by atoms with Gasteiger partial charge in [-0.15, -0.1) is 0 Å². The van der Waals surface area contributed by atoms with Crippen molar-refractivity contribution in [1.29, 1.82) is 0 Å². The summed E-state index contributed by atoms with van der Waals surface area (Å²) in [6.07, 6.45) is 3.28. The third-order valence-corrected chi connectivity index (χ3v) is 3.30. The number of nitrogens with zero attached hydrogens (tertiary/aromatic N) is 2. The number of hydrogen-bond donors (Lipinski definition) is 2. The summed E-state index contributed by atoms with van der Waals surface area (Å²) < 4.78 is 7.20. The lowest BCUT2D eigenvalue weighted by Gasteiger charge is -2.09. The van der Waals surface area contributed by atoms with E-state index in [1.165, 1.54) is 0 Å². The van der Waals surface area contributed by atoms with E-state index in [4.69, 9.17) is 15.7 Å². The summed E-state index contributed by atoms with van der Waals surface area (Å²) in [6, 6.07) is 6.92. The molecule has 0 aliphatic heterocycles. The lowest BCUT2D eigenvalue weighted by atomic mass is 10.2. The predicted octanol–water partition coefficient (Wildman–Crippen LogP) is 3.49. The highest BCUT2D eigenvalue weighted by atomic mass is 79.9. The topological polar surface area (TPSA) is 80.7 Å². The molecule has 1 aromatic carbocycles. The second kappa shape index (κ2) is 6.03. The molecule has 7 heteroatoms. The van der Waals surface area contributed by atoms with Gasteiger partial charge in [0.15, 0.2) is 5.84 Å². The number of halogens is 2. The number of ether oxygens (including phenoxy) is 1. The molecule has 19 heavy (non-hydrogen) atoms. The summed E-state index contributed by atoms with van der Waals surface area (Å²) in [4.78, 5) is 4.01. The monoisotopic (exact) mass is 385 g/mol. The average Bonchev–Trinajstić information content (AvgIpc) is 2.40. The largest absolute Gasteiger partial charge is 0.455 e. The maximum Gasteiger partial charge on any atom is 0.170 e. The second-order valence-electron chi connectivity index (χ2n) is 3.57. The Morgan fingerprint density at radius 1 is 1.26 bits per heavy atom. The number of nitrogens with two attached hydrogens (primary N) is 1. The van der Waals surface area contributed by atoms with Crippen LogP contribution in [0.25, 0.3) is 0 Å². The Morgan fingerprint density at radius 2 is 2.05 bits per heavy atom. The average molecular weight is 387 g/mol. The van der Waals surface area contributed by atoms with E-state index in [0.29, 0.717) is 21.5 Å². The Morgan fingerprint density at radius 3 is 2.68 bits per heavy atom. The maximum atomic E-state index is 8.62. The normalized spacial score (nSPS) is 11.4. The first kappa shape index (κ1) is 13.8. The lowest BCUT2D eigenvalue weighted by molar-refractivity contribution is 0.318. The van der Waals surface area contributed by atoms with Gasteiger partial charge in [-0.2, -0.15) is 0 Å². The minimum Gasteiger partial charge on any atom is -0.455 e. The molecule has 0 amide bonds. The molecule has 0 saturated heterocycles. The van der Waals surface area contributed by atoms with Crippen molar-refractivity contribution in [3.05, 3.63) is 51.2 Å². The van der Waals surface area contributed by atoms with E-state index in [2.05, 4.69) is 42.0 Å². The molecule has 0 fully saturated rings. The van der Waals surface area contributed by atoms with Crippen molar-refractivity contribution in [2.24, 2.45) is 10.9 Å². The molecule has 0 spiro atoms. The van der Waals surface area contributed by atoms with Gasteiger partial charge in [-0.05, 0) is 56.1 Å². The molecule has 0 saturated carbocycles. The molecule has 2 aromatic rings. The fourth-order valence-corrected chi connectivity index (χ4v) is 2.18. The van der Waals surface area contributed by atoms with Crippen LogP contribution in [-0.2, 0) is 0 Å². The number of benzene rings is 1. The van der Waals surface area contributed by atoms with Crippen LogP contribution >= 0.6 is 31.9 Å². The van der Waals surface area contributed by atoms with Gasteiger partial charge in [-0.3, -0.25) is 4.98 Å². The van der Waals surface area contributed by atoms with Crippen LogP contribution in [0.3, 0.4) is 0 Å². The molecule has 0 aliphatic rings. The van der Waals surface area contributed by atoms with Crippen LogP contribution < -0.4 is 10.5 Å². The van der Waals surface area contributed by atoms with Crippen molar-refractivity contribution in [2.45, 2.75) is 0 Å². The molecule has 0 aliphatic carbocycles. The smallest absolute Gasteiger partial charge is 0.170 e. The molecule has 0 bridgehead atoms. The third kappa shape index (κ3) is 3.45. The summed E-state index contributed by atoms with van der Waals surface area (Å²) in [6.45, 7) is 0. The van der Waals surface area contributed by atoms with Crippen LogP contribution in [-0.4, -0.2) is 16.0 Å². The van der Waals surface area contributed by atoms with Crippen LogP contribution in [0, 0.1) is 0 Å². The summed E-state index contributed by atoms with van der Waals surface area (Å²) in [5.74, 6) is 1.25. The first-order valence-corrected chi connectivity index (χ1v) is 6.74. The minimum atomic E-state index is 0.0383. The number of pyridine rings is 1. The highest BCUT2D eigenvalue weighted by Crippen LogP contribution is 2.31. The van der Waals surface area contributed by atoms with Gasteiger partial charge in [0.2, 0.25) is 0 Å². The van der Waals surface area contributed by atoms with E-state index in [1.807, 2.05) is 0 Å². The summed E-state index contributed by atoms with van der Waals surface area (Å²) in [7, 11) is 0. The van der Waals surface area contributed by atoms with Crippen molar-refractivity contribution in [1.82, 2.24) is 4.98 Å². The van der Waals surface area contributed by atoms with Crippen molar-refractivity contribution < 1.29 is 9.94 Å². The second-order valence-corrected chi connectivity index (χ2v) is 5.34. The maximum absolute atomic E-state index is 8.62. The zero-order chi connectivity index (χ0) is 13.8. The van der Waals surface area contributed by atoms with Crippen LogP contribution in [0.5, 0.6) is 11.5 Å². The molecule has 0 radical (unpaired) electrons. The van der Waals surface area contributed by atoms with E-state index < -0.39 is 0 Å². The number of rotatable bonds is 3. The molecular weight excluding hydrogens is 378 g/mol. The summed E-state index contributed by atoms with van der Waals surface area (Å²) in [5.41, 5.74) is 6.10. The van der Waals surface area contributed by atoms with Gasteiger partial charge in [0.25, 0.3) is 0 Å². The first-order valence-electron chi connectivity index (χ1n) is 5.16. The fourth-order valence-electron chi connectivity index (χ4n) is 1.38. The van der Waals surface area contributed by atoms with Crippen molar-refractivity contribution in [3.63, 3.8) is 0 Å². The zero-order valence-electron chi connectivity index (χ0n) is 9.55. The molecule has 0 atom stereocenters. The van der Waals surface area contributed by atoms with Crippen LogP contribution in [0.2, 0.25) is 0 Å². The molecule has 2 rings (SSSR count). The van der Waals surface area contributed by atoms with Crippen LogP contribution in [0.4, 0.5) is 0 Å². The van der Waals surface area contributed by atoms with E-state index in [-0.39, 0.29) is 5.84 Å². The highest BCUT2D eigenvalue weighted by molar-refractivity contribution is 9.10. The van der Waals surface area contributed by atoms with Crippen molar-refractivity contribution >= 4 is 37.7 Å². The molecule has 1 aromatic heterocycles. The molecule has 3 N–H and O–H groups in total.